The Balaban J connectivity index is 1.93. The minimum Gasteiger partial charge on any atom is -0.495 e. The van der Waals surface area contributed by atoms with Gasteiger partial charge < -0.3 is 19.9 Å². The number of benzene rings is 1. The van der Waals surface area contributed by atoms with Gasteiger partial charge in [-0.1, -0.05) is 6.07 Å². The molecule has 0 unspecified atom stereocenters. The zero-order valence-electron chi connectivity index (χ0n) is 10.2. The molecule has 6 heteroatoms. The lowest BCUT2D eigenvalue weighted by atomic mass is 10.2. The molecule has 2 N–H and O–H groups in total. The molecule has 0 atom stereocenters. The molecule has 2 heterocycles. The molecular formula is C12H15N5O. The van der Waals surface area contributed by atoms with Crippen LogP contribution in [0.4, 0.5) is 11.4 Å². The fourth-order valence-corrected chi connectivity index (χ4v) is 2.26. The quantitative estimate of drug-likeness (QED) is 0.796. The van der Waals surface area contributed by atoms with E-state index >= 15 is 0 Å². The number of nitrogen functional groups attached to an aromatic ring is 1. The lowest BCUT2D eigenvalue weighted by molar-refractivity contribution is 0.417. The van der Waals surface area contributed by atoms with Crippen LogP contribution in [0.3, 0.4) is 0 Å². The van der Waals surface area contributed by atoms with Crippen molar-refractivity contribution < 1.29 is 4.74 Å². The van der Waals surface area contributed by atoms with E-state index < -0.39 is 0 Å². The van der Waals surface area contributed by atoms with E-state index in [2.05, 4.69) is 19.7 Å². The van der Waals surface area contributed by atoms with Gasteiger partial charge in [-0.2, -0.15) is 0 Å². The van der Waals surface area contributed by atoms with Crippen molar-refractivity contribution >= 4 is 11.4 Å². The smallest absolute Gasteiger partial charge is 0.152 e. The second-order valence-electron chi connectivity index (χ2n) is 4.26. The van der Waals surface area contributed by atoms with Crippen LogP contribution in [-0.2, 0) is 13.1 Å². The van der Waals surface area contributed by atoms with Gasteiger partial charge in [0.1, 0.15) is 12.1 Å². The van der Waals surface area contributed by atoms with E-state index in [4.69, 9.17) is 10.5 Å². The Labute approximate surface area is 105 Å². The number of aromatic nitrogens is 3. The predicted molar refractivity (Wildman–Crippen MR) is 68.5 cm³/mol. The molecule has 1 aliphatic rings. The number of para-hydroxylation sites is 1. The van der Waals surface area contributed by atoms with Crippen LogP contribution in [0.15, 0.2) is 24.5 Å². The molecule has 18 heavy (non-hydrogen) atoms. The summed E-state index contributed by atoms with van der Waals surface area (Å²) in [6.07, 6.45) is 1.77. The van der Waals surface area contributed by atoms with E-state index in [0.29, 0.717) is 11.4 Å². The van der Waals surface area contributed by atoms with Gasteiger partial charge in [0.05, 0.1) is 25.0 Å². The summed E-state index contributed by atoms with van der Waals surface area (Å²) in [6, 6.07) is 5.82. The molecule has 0 saturated carbocycles. The molecule has 0 aliphatic carbocycles. The number of hydrogen-bond donors (Lipinski definition) is 1. The number of hydrogen-bond acceptors (Lipinski definition) is 5. The van der Waals surface area contributed by atoms with Crippen molar-refractivity contribution in [2.75, 3.05) is 24.3 Å². The Morgan fingerprint density at radius 2 is 2.22 bits per heavy atom. The fourth-order valence-electron chi connectivity index (χ4n) is 2.26. The van der Waals surface area contributed by atoms with Gasteiger partial charge in [-0.05, 0) is 12.1 Å². The molecule has 0 radical (unpaired) electrons. The summed E-state index contributed by atoms with van der Waals surface area (Å²) in [5.74, 6) is 1.67. The molecule has 2 aromatic rings. The number of rotatable bonds is 2. The normalized spacial score (nSPS) is 14.4. The number of nitrogens with two attached hydrogens (primary N) is 1. The predicted octanol–water partition coefficient (Wildman–Crippen LogP) is 0.889. The number of ether oxygens (including phenoxy) is 1. The number of nitrogens with zero attached hydrogens (tertiary/aromatic N) is 4. The van der Waals surface area contributed by atoms with Crippen molar-refractivity contribution in [3.8, 4) is 5.75 Å². The summed E-state index contributed by atoms with van der Waals surface area (Å²) in [6.45, 7) is 2.48. The van der Waals surface area contributed by atoms with Crippen LogP contribution in [-0.4, -0.2) is 28.4 Å². The zero-order valence-corrected chi connectivity index (χ0v) is 10.2. The van der Waals surface area contributed by atoms with Crippen molar-refractivity contribution in [3.63, 3.8) is 0 Å². The average Bonchev–Trinajstić information content (AvgIpc) is 2.86. The van der Waals surface area contributed by atoms with Crippen LogP contribution >= 0.6 is 0 Å². The van der Waals surface area contributed by atoms with Gasteiger partial charge in [0.15, 0.2) is 5.82 Å². The molecule has 0 saturated heterocycles. The number of methoxy groups -OCH3 is 1. The standard InChI is InChI=1S/C12H15N5O/c1-18-10-4-2-3-9(12(10)13)16-5-6-17-8-14-15-11(17)7-16/h2-4,8H,5-7,13H2,1H3. The topological polar surface area (TPSA) is 69.2 Å². The maximum absolute atomic E-state index is 6.11. The van der Waals surface area contributed by atoms with Crippen LogP contribution in [0, 0.1) is 0 Å². The molecule has 1 aromatic carbocycles. The maximum atomic E-state index is 6.11. The van der Waals surface area contributed by atoms with Gasteiger partial charge in [-0.15, -0.1) is 10.2 Å². The van der Waals surface area contributed by atoms with Gasteiger partial charge in [-0.25, -0.2) is 0 Å². The first-order valence-corrected chi connectivity index (χ1v) is 5.83. The third-order valence-electron chi connectivity index (χ3n) is 3.24. The largest absolute Gasteiger partial charge is 0.495 e. The molecule has 94 valence electrons. The van der Waals surface area contributed by atoms with Crippen molar-refractivity contribution in [2.45, 2.75) is 13.1 Å². The fraction of sp³-hybridized carbons (Fsp3) is 0.333. The second-order valence-corrected chi connectivity index (χ2v) is 4.26. The summed E-state index contributed by atoms with van der Waals surface area (Å²) >= 11 is 0. The van der Waals surface area contributed by atoms with Crippen molar-refractivity contribution in [1.29, 1.82) is 0 Å². The Kier molecular flexibility index (Phi) is 2.55. The van der Waals surface area contributed by atoms with E-state index in [1.807, 2.05) is 18.2 Å². The van der Waals surface area contributed by atoms with E-state index in [1.54, 1.807) is 13.4 Å². The lowest BCUT2D eigenvalue weighted by Crippen LogP contribution is -2.34. The third kappa shape index (κ3) is 1.66. The number of anilines is 2. The van der Waals surface area contributed by atoms with Gasteiger partial charge in [0.2, 0.25) is 0 Å². The SMILES string of the molecule is COc1cccc(N2CCn3cnnc3C2)c1N. The van der Waals surface area contributed by atoms with Crippen molar-refractivity contribution in [3.05, 3.63) is 30.4 Å². The summed E-state index contributed by atoms with van der Waals surface area (Å²) in [5.41, 5.74) is 7.77. The Bertz CT molecular complexity index is 565. The van der Waals surface area contributed by atoms with E-state index in [9.17, 15) is 0 Å². The van der Waals surface area contributed by atoms with Crippen molar-refractivity contribution in [1.82, 2.24) is 14.8 Å². The van der Waals surface area contributed by atoms with Gasteiger partial charge in [-0.3, -0.25) is 0 Å². The highest BCUT2D eigenvalue weighted by atomic mass is 16.5. The van der Waals surface area contributed by atoms with Gasteiger partial charge in [0, 0.05) is 13.1 Å². The molecule has 3 rings (SSSR count). The monoisotopic (exact) mass is 245 g/mol. The molecule has 0 fully saturated rings. The first kappa shape index (κ1) is 10.9. The summed E-state index contributed by atoms with van der Waals surface area (Å²) in [7, 11) is 1.63. The first-order valence-electron chi connectivity index (χ1n) is 5.83. The zero-order chi connectivity index (χ0) is 12.5. The van der Waals surface area contributed by atoms with E-state index in [0.717, 1.165) is 31.1 Å². The average molecular weight is 245 g/mol. The highest BCUT2D eigenvalue weighted by molar-refractivity contribution is 5.74. The van der Waals surface area contributed by atoms with E-state index in [-0.39, 0.29) is 0 Å². The van der Waals surface area contributed by atoms with Crippen LogP contribution in [0.2, 0.25) is 0 Å². The summed E-state index contributed by atoms with van der Waals surface area (Å²) < 4.78 is 7.31. The highest BCUT2D eigenvalue weighted by Gasteiger charge is 2.20. The molecule has 0 bridgehead atoms. The Morgan fingerprint density at radius 1 is 1.33 bits per heavy atom. The van der Waals surface area contributed by atoms with E-state index in [1.165, 1.54) is 0 Å². The first-order chi connectivity index (χ1) is 8.79. The summed E-state index contributed by atoms with van der Waals surface area (Å²) in [5, 5.41) is 8.02. The molecule has 0 amide bonds. The van der Waals surface area contributed by atoms with Crippen LogP contribution in [0.5, 0.6) is 5.75 Å². The Morgan fingerprint density at radius 3 is 3.06 bits per heavy atom. The molecule has 0 spiro atoms. The third-order valence-corrected chi connectivity index (χ3v) is 3.24. The molecule has 6 nitrogen and oxygen atoms in total. The minimum absolute atomic E-state index is 0.674. The Hall–Kier alpha value is -2.24. The van der Waals surface area contributed by atoms with Crippen LogP contribution in [0.25, 0.3) is 0 Å². The lowest BCUT2D eigenvalue weighted by Gasteiger charge is -2.30. The number of fused-ring (bicyclic) bond motifs is 1. The minimum atomic E-state index is 0.674. The molecule has 1 aromatic heterocycles. The summed E-state index contributed by atoms with van der Waals surface area (Å²) in [4.78, 5) is 2.20. The van der Waals surface area contributed by atoms with Crippen LogP contribution < -0.4 is 15.4 Å². The molecule has 1 aliphatic heterocycles. The molecular weight excluding hydrogens is 230 g/mol. The maximum Gasteiger partial charge on any atom is 0.152 e. The second kappa shape index (κ2) is 4.21. The van der Waals surface area contributed by atoms with Crippen LogP contribution in [0.1, 0.15) is 5.82 Å². The highest BCUT2D eigenvalue weighted by Crippen LogP contribution is 2.33. The van der Waals surface area contributed by atoms with Gasteiger partial charge in [0.25, 0.3) is 0 Å². The van der Waals surface area contributed by atoms with Crippen molar-refractivity contribution in [2.24, 2.45) is 0 Å². The van der Waals surface area contributed by atoms with Gasteiger partial charge >= 0.3 is 0 Å².